The standard InChI is InChI=1S/C19H19F3N2O2/c20-19(21,22)14-3-1-11(2-4-14)16-5-6-17(26-16)18(25)24-9-13-7-12(8-23)15(13)10-24/h1-6,12-13,15H,7-10,23H2/t12-,13-,15-/m0/s1. The van der Waals surface area contributed by atoms with E-state index >= 15 is 0 Å². The summed E-state index contributed by atoms with van der Waals surface area (Å²) >= 11 is 0. The van der Waals surface area contributed by atoms with Crippen molar-refractivity contribution in [2.24, 2.45) is 23.5 Å². The van der Waals surface area contributed by atoms with E-state index in [4.69, 9.17) is 10.2 Å². The molecule has 7 heteroatoms. The smallest absolute Gasteiger partial charge is 0.416 e. The van der Waals surface area contributed by atoms with Crippen molar-refractivity contribution in [2.75, 3.05) is 19.6 Å². The van der Waals surface area contributed by atoms with Gasteiger partial charge < -0.3 is 15.1 Å². The fraction of sp³-hybridized carbons (Fsp3) is 0.421. The second-order valence-corrected chi connectivity index (χ2v) is 7.10. The third-order valence-corrected chi connectivity index (χ3v) is 5.61. The minimum absolute atomic E-state index is 0.173. The number of amides is 1. The van der Waals surface area contributed by atoms with Gasteiger partial charge in [0.2, 0.25) is 0 Å². The average Bonchev–Trinajstić information content (AvgIpc) is 3.20. The lowest BCUT2D eigenvalue weighted by atomic mass is 9.67. The molecule has 2 heterocycles. The number of carbonyl (C=O) groups excluding carboxylic acids is 1. The number of rotatable bonds is 3. The molecule has 1 aromatic carbocycles. The van der Waals surface area contributed by atoms with Crippen LogP contribution in [0.1, 0.15) is 22.5 Å². The van der Waals surface area contributed by atoms with Crippen LogP contribution in [0.2, 0.25) is 0 Å². The van der Waals surface area contributed by atoms with E-state index in [0.29, 0.717) is 42.2 Å². The van der Waals surface area contributed by atoms with Gasteiger partial charge in [-0.3, -0.25) is 4.79 Å². The normalized spacial score (nSPS) is 25.1. The van der Waals surface area contributed by atoms with Crippen LogP contribution in [0.3, 0.4) is 0 Å². The van der Waals surface area contributed by atoms with Gasteiger partial charge in [0.25, 0.3) is 5.91 Å². The highest BCUT2D eigenvalue weighted by Crippen LogP contribution is 2.45. The van der Waals surface area contributed by atoms with Gasteiger partial charge in [-0.2, -0.15) is 13.2 Å². The highest BCUT2D eigenvalue weighted by Gasteiger charge is 2.47. The number of hydrogen-bond acceptors (Lipinski definition) is 3. The highest BCUT2D eigenvalue weighted by atomic mass is 19.4. The van der Waals surface area contributed by atoms with Crippen molar-refractivity contribution in [3.05, 3.63) is 47.7 Å². The van der Waals surface area contributed by atoms with Gasteiger partial charge in [0.15, 0.2) is 5.76 Å². The summed E-state index contributed by atoms with van der Waals surface area (Å²) < 4.78 is 43.6. The molecule has 2 aromatic rings. The SMILES string of the molecule is NC[C@@H]1C[C@H]2CN(C(=O)c3ccc(-c4ccc(C(F)(F)F)cc4)o3)C[C@@H]12. The Kier molecular flexibility index (Phi) is 4.06. The molecular weight excluding hydrogens is 345 g/mol. The molecule has 2 fully saturated rings. The first-order valence-corrected chi connectivity index (χ1v) is 8.63. The fourth-order valence-corrected chi connectivity index (χ4v) is 4.07. The molecule has 1 saturated heterocycles. The van der Waals surface area contributed by atoms with Gasteiger partial charge in [0, 0.05) is 18.7 Å². The molecule has 1 saturated carbocycles. The molecule has 0 bridgehead atoms. The predicted octanol–water partition coefficient (Wildman–Crippen LogP) is 3.63. The number of hydrogen-bond donors (Lipinski definition) is 1. The third kappa shape index (κ3) is 2.90. The topological polar surface area (TPSA) is 59.5 Å². The van der Waals surface area contributed by atoms with Crippen molar-refractivity contribution in [3.8, 4) is 11.3 Å². The van der Waals surface area contributed by atoms with Gasteiger partial charge in [-0.1, -0.05) is 12.1 Å². The maximum atomic E-state index is 12.6. The molecule has 0 radical (unpaired) electrons. The summed E-state index contributed by atoms with van der Waals surface area (Å²) in [6, 6.07) is 7.89. The Bertz CT molecular complexity index is 813. The molecule has 0 unspecified atom stereocenters. The Labute approximate surface area is 148 Å². The van der Waals surface area contributed by atoms with E-state index in [1.54, 1.807) is 17.0 Å². The summed E-state index contributed by atoms with van der Waals surface area (Å²) in [4.78, 5) is 14.4. The first-order valence-electron chi connectivity index (χ1n) is 8.63. The van der Waals surface area contributed by atoms with Gasteiger partial charge in [-0.15, -0.1) is 0 Å². The van der Waals surface area contributed by atoms with Crippen LogP contribution in [0.5, 0.6) is 0 Å². The summed E-state index contributed by atoms with van der Waals surface area (Å²) in [5, 5.41) is 0. The molecule has 138 valence electrons. The second-order valence-electron chi connectivity index (χ2n) is 7.10. The maximum absolute atomic E-state index is 12.6. The largest absolute Gasteiger partial charge is 0.451 e. The molecule has 2 N–H and O–H groups in total. The fourth-order valence-electron chi connectivity index (χ4n) is 4.07. The van der Waals surface area contributed by atoms with Crippen molar-refractivity contribution in [3.63, 3.8) is 0 Å². The molecule has 2 aliphatic rings. The monoisotopic (exact) mass is 364 g/mol. The molecule has 26 heavy (non-hydrogen) atoms. The zero-order valence-electron chi connectivity index (χ0n) is 14.0. The number of fused-ring (bicyclic) bond motifs is 1. The number of nitrogens with zero attached hydrogens (tertiary/aromatic N) is 1. The van der Waals surface area contributed by atoms with Crippen molar-refractivity contribution < 1.29 is 22.4 Å². The second kappa shape index (κ2) is 6.16. The summed E-state index contributed by atoms with van der Waals surface area (Å²) in [5.74, 6) is 1.92. The van der Waals surface area contributed by atoms with Gasteiger partial charge in [-0.05, 0) is 55.0 Å². The van der Waals surface area contributed by atoms with Crippen molar-refractivity contribution in [1.29, 1.82) is 0 Å². The number of likely N-dealkylation sites (tertiary alicyclic amines) is 1. The zero-order chi connectivity index (χ0) is 18.5. The van der Waals surface area contributed by atoms with Crippen molar-refractivity contribution in [1.82, 2.24) is 4.90 Å². The maximum Gasteiger partial charge on any atom is 0.416 e. The molecule has 1 aliphatic heterocycles. The Morgan fingerprint density at radius 1 is 1.15 bits per heavy atom. The number of carbonyl (C=O) groups is 1. The molecule has 4 nitrogen and oxygen atoms in total. The molecule has 1 aliphatic carbocycles. The van der Waals surface area contributed by atoms with Gasteiger partial charge >= 0.3 is 6.18 Å². The van der Waals surface area contributed by atoms with E-state index < -0.39 is 11.7 Å². The Hall–Kier alpha value is -2.28. The lowest BCUT2D eigenvalue weighted by Gasteiger charge is -2.38. The van der Waals surface area contributed by atoms with E-state index in [2.05, 4.69) is 0 Å². The molecular formula is C19H19F3N2O2. The summed E-state index contributed by atoms with van der Waals surface area (Å²) in [6.45, 7) is 2.07. The number of nitrogens with two attached hydrogens (primary N) is 1. The first-order chi connectivity index (χ1) is 12.4. The predicted molar refractivity (Wildman–Crippen MR) is 89.2 cm³/mol. The van der Waals surface area contributed by atoms with Crippen LogP contribution in [0, 0.1) is 17.8 Å². The van der Waals surface area contributed by atoms with Crippen molar-refractivity contribution >= 4 is 5.91 Å². The first kappa shape index (κ1) is 17.1. The number of benzene rings is 1. The summed E-state index contributed by atoms with van der Waals surface area (Å²) in [7, 11) is 0. The van der Waals surface area contributed by atoms with Gasteiger partial charge in [-0.25, -0.2) is 0 Å². The lowest BCUT2D eigenvalue weighted by molar-refractivity contribution is -0.137. The number of alkyl halides is 3. The van der Waals surface area contributed by atoms with Crippen LogP contribution < -0.4 is 5.73 Å². The van der Waals surface area contributed by atoms with E-state index in [9.17, 15) is 18.0 Å². The Balaban J connectivity index is 1.47. The zero-order valence-corrected chi connectivity index (χ0v) is 14.0. The van der Waals surface area contributed by atoms with Crippen LogP contribution in [-0.2, 0) is 6.18 Å². The van der Waals surface area contributed by atoms with Crippen LogP contribution in [0.15, 0.2) is 40.8 Å². The van der Waals surface area contributed by atoms with Gasteiger partial charge in [0.05, 0.1) is 5.56 Å². The quantitative estimate of drug-likeness (QED) is 0.905. The van der Waals surface area contributed by atoms with Crippen LogP contribution in [0.4, 0.5) is 13.2 Å². The number of halogens is 3. The lowest BCUT2D eigenvalue weighted by Crippen LogP contribution is -2.40. The van der Waals surface area contributed by atoms with Crippen LogP contribution >= 0.6 is 0 Å². The molecule has 0 spiro atoms. The highest BCUT2D eigenvalue weighted by molar-refractivity contribution is 5.92. The minimum Gasteiger partial charge on any atom is -0.451 e. The van der Waals surface area contributed by atoms with E-state index in [1.165, 1.54) is 12.1 Å². The van der Waals surface area contributed by atoms with Gasteiger partial charge in [0.1, 0.15) is 5.76 Å². The average molecular weight is 364 g/mol. The third-order valence-electron chi connectivity index (χ3n) is 5.61. The number of furan rings is 1. The van der Waals surface area contributed by atoms with Crippen LogP contribution in [0.25, 0.3) is 11.3 Å². The summed E-state index contributed by atoms with van der Waals surface area (Å²) in [5.41, 5.74) is 5.52. The Morgan fingerprint density at radius 3 is 2.54 bits per heavy atom. The van der Waals surface area contributed by atoms with Crippen LogP contribution in [-0.4, -0.2) is 30.4 Å². The van der Waals surface area contributed by atoms with Crippen molar-refractivity contribution in [2.45, 2.75) is 12.6 Å². The van der Waals surface area contributed by atoms with E-state index in [-0.39, 0.29) is 11.7 Å². The minimum atomic E-state index is -4.38. The van der Waals surface area contributed by atoms with E-state index in [1.807, 2.05) is 0 Å². The Morgan fingerprint density at radius 2 is 1.88 bits per heavy atom. The molecule has 1 amide bonds. The van der Waals surface area contributed by atoms with E-state index in [0.717, 1.165) is 25.1 Å². The molecule has 1 aromatic heterocycles. The summed E-state index contributed by atoms with van der Waals surface area (Å²) in [6.07, 6.45) is -3.31. The molecule has 3 atom stereocenters. The molecule has 4 rings (SSSR count).